The highest BCUT2D eigenvalue weighted by Gasteiger charge is 1.98. The number of methoxy groups -OCH3 is 1. The van der Waals surface area contributed by atoms with Crippen molar-refractivity contribution in [1.82, 2.24) is 9.97 Å². The Kier molecular flexibility index (Phi) is 3.91. The lowest BCUT2D eigenvalue weighted by Crippen LogP contribution is -2.01. The fourth-order valence-electron chi connectivity index (χ4n) is 0.746. The van der Waals surface area contributed by atoms with E-state index < -0.39 is 0 Å². The molecule has 0 saturated carbocycles. The lowest BCUT2D eigenvalue weighted by Gasteiger charge is -2.04. The topological polar surface area (TPSA) is 44.2 Å². The maximum atomic E-state index is 5.31. The third kappa shape index (κ3) is 3.05. The molecule has 0 aliphatic carbocycles. The predicted molar refractivity (Wildman–Crippen MR) is 53.5 cm³/mol. The Morgan fingerprint density at radius 2 is 2.07 bits per heavy atom. The van der Waals surface area contributed by atoms with Crippen LogP contribution in [0.25, 0.3) is 0 Å². The quantitative estimate of drug-likeness (QED) is 0.686. The normalized spacial score (nSPS) is 11.2. The molecular weight excluding hydrogens is 180 g/mol. The number of ether oxygens (including phenoxy) is 2. The van der Waals surface area contributed by atoms with Gasteiger partial charge in [0.15, 0.2) is 5.75 Å². The van der Waals surface area contributed by atoms with Gasteiger partial charge in [-0.1, -0.05) is 6.08 Å². The Labute approximate surface area is 83.6 Å². The van der Waals surface area contributed by atoms with Gasteiger partial charge in [0.1, 0.15) is 6.61 Å². The second kappa shape index (κ2) is 5.21. The van der Waals surface area contributed by atoms with E-state index in [0.717, 1.165) is 5.57 Å². The fourth-order valence-corrected chi connectivity index (χ4v) is 0.746. The van der Waals surface area contributed by atoms with Gasteiger partial charge in [-0.15, -0.1) is 0 Å². The average Bonchev–Trinajstić information content (AvgIpc) is 2.26. The molecule has 0 N–H and O–H groups in total. The van der Waals surface area contributed by atoms with Crippen molar-refractivity contribution in [2.45, 2.75) is 13.8 Å². The number of rotatable bonds is 4. The van der Waals surface area contributed by atoms with E-state index in [-0.39, 0.29) is 0 Å². The average molecular weight is 194 g/mol. The van der Waals surface area contributed by atoms with Crippen LogP contribution in [0.4, 0.5) is 0 Å². The fraction of sp³-hybridized carbons (Fsp3) is 0.400. The summed E-state index contributed by atoms with van der Waals surface area (Å²) in [6.07, 6.45) is 5.14. The van der Waals surface area contributed by atoms with Crippen molar-refractivity contribution in [3.8, 4) is 11.8 Å². The SMILES string of the molecule is C/C=C(\C)COc1ncc(OC)cn1. The van der Waals surface area contributed by atoms with E-state index in [1.807, 2.05) is 19.9 Å². The minimum atomic E-state index is 0.368. The molecule has 1 rings (SSSR count). The highest BCUT2D eigenvalue weighted by atomic mass is 16.5. The number of nitrogens with zero attached hydrogens (tertiary/aromatic N) is 2. The molecule has 4 nitrogen and oxygen atoms in total. The molecule has 1 heterocycles. The summed E-state index contributed by atoms with van der Waals surface area (Å²) in [7, 11) is 1.57. The second-order valence-corrected chi connectivity index (χ2v) is 2.83. The van der Waals surface area contributed by atoms with Crippen molar-refractivity contribution >= 4 is 0 Å². The number of hydrogen-bond acceptors (Lipinski definition) is 4. The van der Waals surface area contributed by atoms with Crippen LogP contribution in [0, 0.1) is 0 Å². The molecule has 0 aliphatic rings. The van der Waals surface area contributed by atoms with Crippen LogP contribution in [-0.4, -0.2) is 23.7 Å². The molecule has 76 valence electrons. The molecule has 0 atom stereocenters. The first-order valence-corrected chi connectivity index (χ1v) is 4.37. The minimum Gasteiger partial charge on any atom is -0.494 e. The first-order valence-electron chi connectivity index (χ1n) is 4.37. The van der Waals surface area contributed by atoms with Crippen molar-refractivity contribution in [3.05, 3.63) is 24.0 Å². The zero-order valence-electron chi connectivity index (χ0n) is 8.65. The van der Waals surface area contributed by atoms with Crippen molar-refractivity contribution in [2.24, 2.45) is 0 Å². The molecular formula is C10H14N2O2. The van der Waals surface area contributed by atoms with Crippen LogP contribution in [0.1, 0.15) is 13.8 Å². The summed E-state index contributed by atoms with van der Waals surface area (Å²) < 4.78 is 10.2. The Balaban J connectivity index is 2.52. The Hall–Kier alpha value is -1.58. The molecule has 0 radical (unpaired) electrons. The van der Waals surface area contributed by atoms with Crippen molar-refractivity contribution in [3.63, 3.8) is 0 Å². The maximum absolute atomic E-state index is 5.31. The summed E-state index contributed by atoms with van der Waals surface area (Å²) in [6, 6.07) is 0.368. The lowest BCUT2D eigenvalue weighted by molar-refractivity contribution is 0.319. The molecule has 0 amide bonds. The van der Waals surface area contributed by atoms with Crippen LogP contribution < -0.4 is 9.47 Å². The van der Waals surface area contributed by atoms with Gasteiger partial charge in [-0.2, -0.15) is 9.97 Å². The molecule has 0 spiro atoms. The summed E-state index contributed by atoms with van der Waals surface area (Å²) in [4.78, 5) is 7.94. The van der Waals surface area contributed by atoms with Gasteiger partial charge in [-0.25, -0.2) is 0 Å². The van der Waals surface area contributed by atoms with Crippen molar-refractivity contribution < 1.29 is 9.47 Å². The molecule has 14 heavy (non-hydrogen) atoms. The number of hydrogen-bond donors (Lipinski definition) is 0. The third-order valence-electron chi connectivity index (χ3n) is 1.76. The zero-order valence-corrected chi connectivity index (χ0v) is 8.65. The molecule has 0 bridgehead atoms. The highest BCUT2D eigenvalue weighted by Crippen LogP contribution is 2.09. The molecule has 0 fully saturated rings. The van der Waals surface area contributed by atoms with Crippen LogP contribution in [0.3, 0.4) is 0 Å². The van der Waals surface area contributed by atoms with Gasteiger partial charge >= 0.3 is 6.01 Å². The van der Waals surface area contributed by atoms with E-state index >= 15 is 0 Å². The summed E-state index contributed by atoms with van der Waals surface area (Å²) in [5.41, 5.74) is 1.14. The first kappa shape index (κ1) is 10.5. The first-order chi connectivity index (χ1) is 6.76. The number of aromatic nitrogens is 2. The summed E-state index contributed by atoms with van der Waals surface area (Å²) >= 11 is 0. The molecule has 0 saturated heterocycles. The Bertz CT molecular complexity index is 306. The highest BCUT2D eigenvalue weighted by molar-refractivity contribution is 5.13. The molecule has 4 heteroatoms. The smallest absolute Gasteiger partial charge is 0.316 e. The Morgan fingerprint density at radius 3 is 2.57 bits per heavy atom. The van der Waals surface area contributed by atoms with Gasteiger partial charge in [0, 0.05) is 0 Å². The van der Waals surface area contributed by atoms with Crippen LogP contribution in [0.2, 0.25) is 0 Å². The second-order valence-electron chi connectivity index (χ2n) is 2.83. The molecule has 1 aromatic heterocycles. The van der Waals surface area contributed by atoms with E-state index in [1.165, 1.54) is 0 Å². The predicted octanol–water partition coefficient (Wildman–Crippen LogP) is 1.83. The Morgan fingerprint density at radius 1 is 1.43 bits per heavy atom. The van der Waals surface area contributed by atoms with Crippen LogP contribution >= 0.6 is 0 Å². The van der Waals surface area contributed by atoms with Gasteiger partial charge in [-0.3, -0.25) is 0 Å². The zero-order chi connectivity index (χ0) is 10.4. The van der Waals surface area contributed by atoms with Crippen LogP contribution in [0.15, 0.2) is 24.0 Å². The summed E-state index contributed by atoms with van der Waals surface area (Å²) in [5, 5.41) is 0. The van der Waals surface area contributed by atoms with Crippen molar-refractivity contribution in [2.75, 3.05) is 13.7 Å². The maximum Gasteiger partial charge on any atom is 0.316 e. The summed E-state index contributed by atoms with van der Waals surface area (Å²) in [6.45, 7) is 4.47. The van der Waals surface area contributed by atoms with E-state index in [1.54, 1.807) is 19.5 Å². The largest absolute Gasteiger partial charge is 0.494 e. The molecule has 0 unspecified atom stereocenters. The van der Waals surface area contributed by atoms with Gasteiger partial charge in [0.25, 0.3) is 0 Å². The monoisotopic (exact) mass is 194 g/mol. The van der Waals surface area contributed by atoms with Gasteiger partial charge in [0.05, 0.1) is 19.5 Å². The third-order valence-corrected chi connectivity index (χ3v) is 1.76. The van der Waals surface area contributed by atoms with Gasteiger partial charge in [0.2, 0.25) is 0 Å². The molecule has 0 aliphatic heterocycles. The van der Waals surface area contributed by atoms with Gasteiger partial charge < -0.3 is 9.47 Å². The molecule has 0 aromatic carbocycles. The minimum absolute atomic E-state index is 0.368. The van der Waals surface area contributed by atoms with Crippen LogP contribution in [0.5, 0.6) is 11.8 Å². The van der Waals surface area contributed by atoms with E-state index in [9.17, 15) is 0 Å². The molecule has 1 aromatic rings. The van der Waals surface area contributed by atoms with E-state index in [4.69, 9.17) is 9.47 Å². The summed E-state index contributed by atoms with van der Waals surface area (Å²) in [5.74, 6) is 0.625. The van der Waals surface area contributed by atoms with E-state index in [0.29, 0.717) is 18.4 Å². The lowest BCUT2D eigenvalue weighted by atomic mass is 10.3. The number of allylic oxidation sites excluding steroid dienone is 1. The van der Waals surface area contributed by atoms with Crippen molar-refractivity contribution in [1.29, 1.82) is 0 Å². The van der Waals surface area contributed by atoms with Gasteiger partial charge in [-0.05, 0) is 19.4 Å². The standard InChI is InChI=1S/C10H14N2O2/c1-4-8(2)7-14-10-11-5-9(13-3)6-12-10/h4-6H,7H2,1-3H3/b8-4+. The van der Waals surface area contributed by atoms with Crippen LogP contribution in [-0.2, 0) is 0 Å². The van der Waals surface area contributed by atoms with E-state index in [2.05, 4.69) is 9.97 Å².